The summed E-state index contributed by atoms with van der Waals surface area (Å²) in [4.78, 5) is 37.4. The standard InChI is InChI=1S/C17H16N2O5S/c1-3-23-16(21)11(2)19-15(20)14(25-17(19)22)10-12-4-6-13(7-5-12)24-9-8-18/h4-7,10-11H,3,9H2,1-2H3/b14-10+/t11-/m1/s1. The number of hydrogen-bond acceptors (Lipinski definition) is 7. The predicted molar refractivity (Wildman–Crippen MR) is 91.5 cm³/mol. The number of imide groups is 1. The Hall–Kier alpha value is -2.79. The Labute approximate surface area is 149 Å². The van der Waals surface area contributed by atoms with E-state index in [4.69, 9.17) is 14.7 Å². The quantitative estimate of drug-likeness (QED) is 0.568. The molecule has 0 aromatic heterocycles. The molecule has 1 fully saturated rings. The number of esters is 1. The van der Waals surface area contributed by atoms with Crippen molar-refractivity contribution in [2.75, 3.05) is 13.2 Å². The van der Waals surface area contributed by atoms with E-state index in [9.17, 15) is 14.4 Å². The van der Waals surface area contributed by atoms with Crippen LogP contribution in [0.2, 0.25) is 0 Å². The fraction of sp³-hybridized carbons (Fsp3) is 0.294. The lowest BCUT2D eigenvalue weighted by molar-refractivity contribution is -0.150. The number of nitrogens with zero attached hydrogens (tertiary/aromatic N) is 2. The average molecular weight is 360 g/mol. The number of hydrogen-bond donors (Lipinski definition) is 0. The molecule has 1 aromatic carbocycles. The van der Waals surface area contributed by atoms with E-state index < -0.39 is 23.2 Å². The Morgan fingerprint density at radius 3 is 2.64 bits per heavy atom. The minimum absolute atomic E-state index is 0.0516. The molecule has 8 heteroatoms. The van der Waals surface area contributed by atoms with E-state index in [0.717, 1.165) is 16.7 Å². The van der Waals surface area contributed by atoms with Crippen LogP contribution in [0.25, 0.3) is 6.08 Å². The molecule has 2 rings (SSSR count). The molecule has 0 unspecified atom stereocenters. The number of benzene rings is 1. The van der Waals surface area contributed by atoms with Gasteiger partial charge in [-0.1, -0.05) is 12.1 Å². The summed E-state index contributed by atoms with van der Waals surface area (Å²) in [5.74, 6) is -0.617. The lowest BCUT2D eigenvalue weighted by atomic mass is 10.2. The molecule has 0 saturated carbocycles. The van der Waals surface area contributed by atoms with Crippen LogP contribution in [0.3, 0.4) is 0 Å². The maximum absolute atomic E-state index is 12.4. The molecule has 1 aliphatic rings. The van der Waals surface area contributed by atoms with Crippen LogP contribution in [0, 0.1) is 11.3 Å². The van der Waals surface area contributed by atoms with Crippen LogP contribution in [0.1, 0.15) is 19.4 Å². The molecule has 1 saturated heterocycles. The van der Waals surface area contributed by atoms with Crippen molar-refractivity contribution in [3.63, 3.8) is 0 Å². The summed E-state index contributed by atoms with van der Waals surface area (Å²) in [5.41, 5.74) is 0.693. The van der Waals surface area contributed by atoms with Crippen LogP contribution in [-0.2, 0) is 14.3 Å². The molecule has 0 spiro atoms. The Balaban J connectivity index is 2.14. The second kappa shape index (κ2) is 8.35. The highest BCUT2D eigenvalue weighted by Crippen LogP contribution is 2.34. The SMILES string of the molecule is CCOC(=O)[C@@H](C)N1C(=O)S/C(=C/c2ccc(OCC#N)cc2)C1=O. The summed E-state index contributed by atoms with van der Waals surface area (Å²) in [6.45, 7) is 3.24. The van der Waals surface area contributed by atoms with Gasteiger partial charge in [-0.25, -0.2) is 4.79 Å². The van der Waals surface area contributed by atoms with Gasteiger partial charge < -0.3 is 9.47 Å². The molecule has 1 atom stereocenters. The molecule has 1 aliphatic heterocycles. The third kappa shape index (κ3) is 4.39. The van der Waals surface area contributed by atoms with E-state index >= 15 is 0 Å². The highest BCUT2D eigenvalue weighted by Gasteiger charge is 2.41. The molecule has 1 aromatic rings. The summed E-state index contributed by atoms with van der Waals surface area (Å²) in [7, 11) is 0. The minimum Gasteiger partial charge on any atom is -0.479 e. The van der Waals surface area contributed by atoms with Gasteiger partial charge >= 0.3 is 5.97 Å². The maximum atomic E-state index is 12.4. The first-order valence-electron chi connectivity index (χ1n) is 7.51. The fourth-order valence-corrected chi connectivity index (χ4v) is 3.02. The van der Waals surface area contributed by atoms with E-state index in [2.05, 4.69) is 0 Å². The first-order valence-corrected chi connectivity index (χ1v) is 8.33. The first kappa shape index (κ1) is 18.5. The Morgan fingerprint density at radius 1 is 1.36 bits per heavy atom. The van der Waals surface area contributed by atoms with Gasteiger partial charge in [0, 0.05) is 0 Å². The molecule has 0 N–H and O–H groups in total. The van der Waals surface area contributed by atoms with Crippen molar-refractivity contribution in [3.05, 3.63) is 34.7 Å². The minimum atomic E-state index is -0.972. The van der Waals surface area contributed by atoms with E-state index in [0.29, 0.717) is 11.3 Å². The van der Waals surface area contributed by atoms with Gasteiger partial charge in [-0.2, -0.15) is 5.26 Å². The molecule has 2 amide bonds. The van der Waals surface area contributed by atoms with E-state index in [1.165, 1.54) is 6.92 Å². The Kier molecular flexibility index (Phi) is 6.19. The number of carbonyl (C=O) groups excluding carboxylic acids is 3. The Morgan fingerprint density at radius 2 is 2.04 bits per heavy atom. The van der Waals surface area contributed by atoms with Crippen molar-refractivity contribution in [2.45, 2.75) is 19.9 Å². The normalized spacial score (nSPS) is 16.7. The zero-order valence-corrected chi connectivity index (χ0v) is 14.5. The topological polar surface area (TPSA) is 96.7 Å². The van der Waals surface area contributed by atoms with Crippen molar-refractivity contribution >= 4 is 35.0 Å². The molecule has 0 radical (unpaired) electrons. The van der Waals surface area contributed by atoms with E-state index in [-0.39, 0.29) is 18.1 Å². The lowest BCUT2D eigenvalue weighted by Gasteiger charge is -2.19. The van der Waals surface area contributed by atoms with Crippen LogP contribution in [0.5, 0.6) is 5.75 Å². The molecule has 0 aliphatic carbocycles. The van der Waals surface area contributed by atoms with Crippen molar-refractivity contribution in [1.29, 1.82) is 5.26 Å². The summed E-state index contributed by atoms with van der Waals surface area (Å²) in [5, 5.41) is 7.97. The molecule has 130 valence electrons. The van der Waals surface area contributed by atoms with Crippen LogP contribution < -0.4 is 4.74 Å². The maximum Gasteiger partial charge on any atom is 0.329 e. The summed E-state index contributed by atoms with van der Waals surface area (Å²) >= 11 is 0.775. The van der Waals surface area contributed by atoms with Crippen LogP contribution in [-0.4, -0.2) is 41.3 Å². The molecular formula is C17H16N2O5S. The second-order valence-corrected chi connectivity index (χ2v) is 5.99. The van der Waals surface area contributed by atoms with Gasteiger partial charge in [-0.05, 0) is 49.4 Å². The number of ether oxygens (including phenoxy) is 2. The lowest BCUT2D eigenvalue weighted by Crippen LogP contribution is -2.42. The molecule has 0 bridgehead atoms. The summed E-state index contributed by atoms with van der Waals surface area (Å²) < 4.78 is 10.0. The van der Waals surface area contributed by atoms with Crippen LogP contribution >= 0.6 is 11.8 Å². The highest BCUT2D eigenvalue weighted by atomic mass is 32.2. The van der Waals surface area contributed by atoms with Gasteiger partial charge in [0.2, 0.25) is 0 Å². The molecule has 7 nitrogen and oxygen atoms in total. The van der Waals surface area contributed by atoms with Gasteiger partial charge in [0.25, 0.3) is 11.1 Å². The van der Waals surface area contributed by atoms with Crippen molar-refractivity contribution < 1.29 is 23.9 Å². The van der Waals surface area contributed by atoms with Gasteiger partial charge in [-0.15, -0.1) is 0 Å². The zero-order chi connectivity index (χ0) is 18.4. The van der Waals surface area contributed by atoms with Crippen LogP contribution in [0.15, 0.2) is 29.2 Å². The van der Waals surface area contributed by atoms with Crippen LogP contribution in [0.4, 0.5) is 4.79 Å². The monoisotopic (exact) mass is 360 g/mol. The van der Waals surface area contributed by atoms with E-state index in [1.807, 2.05) is 6.07 Å². The van der Waals surface area contributed by atoms with Gasteiger partial charge in [-0.3, -0.25) is 14.5 Å². The number of rotatable bonds is 6. The van der Waals surface area contributed by atoms with Crippen molar-refractivity contribution in [2.24, 2.45) is 0 Å². The number of amides is 2. The summed E-state index contributed by atoms with van der Waals surface area (Å²) in [6.07, 6.45) is 1.57. The molecule has 1 heterocycles. The number of thioether (sulfide) groups is 1. The van der Waals surface area contributed by atoms with Gasteiger partial charge in [0.1, 0.15) is 17.9 Å². The fourth-order valence-electron chi connectivity index (χ4n) is 2.11. The predicted octanol–water partition coefficient (Wildman–Crippen LogP) is 2.58. The number of nitriles is 1. The third-order valence-electron chi connectivity index (χ3n) is 3.32. The van der Waals surface area contributed by atoms with Gasteiger partial charge in [0.15, 0.2) is 6.61 Å². The molecule has 25 heavy (non-hydrogen) atoms. The Bertz CT molecular complexity index is 751. The van der Waals surface area contributed by atoms with E-state index in [1.54, 1.807) is 37.3 Å². The first-order chi connectivity index (χ1) is 12.0. The second-order valence-electron chi connectivity index (χ2n) is 5.00. The largest absolute Gasteiger partial charge is 0.479 e. The summed E-state index contributed by atoms with van der Waals surface area (Å²) in [6, 6.07) is 7.63. The van der Waals surface area contributed by atoms with Crippen molar-refractivity contribution in [3.8, 4) is 11.8 Å². The van der Waals surface area contributed by atoms with Gasteiger partial charge in [0.05, 0.1) is 11.5 Å². The third-order valence-corrected chi connectivity index (χ3v) is 4.20. The zero-order valence-electron chi connectivity index (χ0n) is 13.7. The van der Waals surface area contributed by atoms with Crippen molar-refractivity contribution in [1.82, 2.24) is 4.90 Å². The highest BCUT2D eigenvalue weighted by molar-refractivity contribution is 8.18. The smallest absolute Gasteiger partial charge is 0.329 e. The average Bonchev–Trinajstić information content (AvgIpc) is 2.87. The number of carbonyl (C=O) groups is 3. The molecular weight excluding hydrogens is 344 g/mol.